The first-order valence-corrected chi connectivity index (χ1v) is 4.25. The van der Waals surface area contributed by atoms with Gasteiger partial charge in [0.2, 0.25) is 0 Å². The van der Waals surface area contributed by atoms with Gasteiger partial charge in [-0.1, -0.05) is 0 Å². The molecule has 1 aliphatic rings. The van der Waals surface area contributed by atoms with Gasteiger partial charge in [-0.15, -0.1) is 5.01 Å². The molecule has 0 aromatic rings. The maximum atomic E-state index is 11.0. The number of rotatable bonds is 1. The first-order chi connectivity index (χ1) is 5.66. The Kier molecular flexibility index (Phi) is 2.73. The minimum absolute atomic E-state index is 0.129. The Balaban J connectivity index is 2.69. The van der Waals surface area contributed by atoms with Crippen LogP contribution in [0, 0.1) is 10.4 Å². The summed E-state index contributed by atoms with van der Waals surface area (Å²) < 4.78 is 0. The van der Waals surface area contributed by atoms with E-state index in [1.165, 1.54) is 5.01 Å². The van der Waals surface area contributed by atoms with Crippen LogP contribution in [-0.4, -0.2) is 22.1 Å². The normalized spacial score (nSPS) is 32.2. The van der Waals surface area contributed by atoms with Crippen molar-refractivity contribution < 1.29 is 4.97 Å². The molecule has 0 amide bonds. The summed E-state index contributed by atoms with van der Waals surface area (Å²) in [6.07, 6.45) is 3.03. The molecule has 5 nitrogen and oxygen atoms in total. The van der Waals surface area contributed by atoms with Crippen LogP contribution in [-0.2, 0) is 0 Å². The number of piperidine rings is 1. The number of nitrogens with zero attached hydrogens (tertiary/aromatic N) is 3. The van der Waals surface area contributed by atoms with Gasteiger partial charge in [0, 0.05) is 4.97 Å². The number of hydrogen-bond acceptors (Lipinski definition) is 3. The fraction of sp³-hybridized carbons (Fsp3) is 1.00. The third-order valence-corrected chi connectivity index (χ3v) is 2.41. The van der Waals surface area contributed by atoms with Gasteiger partial charge in [-0.05, 0) is 38.4 Å². The number of hydrogen-bond donors (Lipinski definition) is 0. The van der Waals surface area contributed by atoms with Crippen molar-refractivity contribution in [3.05, 3.63) is 10.4 Å². The second-order valence-corrected chi connectivity index (χ2v) is 3.34. The standard InChI is InChI=1S/C7H15N3O2/c1-6-4-3-5-7(2)9(6)10(12)8-11/h6-7,11H,3-5H2,1-2H3/p-1/b10-8+/t6-,7+. The van der Waals surface area contributed by atoms with Crippen LogP contribution in [0.5, 0.6) is 0 Å². The molecule has 0 saturated carbocycles. The molecular weight excluding hydrogens is 158 g/mol. The van der Waals surface area contributed by atoms with Crippen LogP contribution >= 0.6 is 0 Å². The molecule has 1 aliphatic heterocycles. The second kappa shape index (κ2) is 3.60. The average molecular weight is 172 g/mol. The Labute approximate surface area is 71.8 Å². The minimum Gasteiger partial charge on any atom is -0.737 e. The molecule has 0 aromatic carbocycles. The van der Waals surface area contributed by atoms with Gasteiger partial charge >= 0.3 is 0 Å². The van der Waals surface area contributed by atoms with Gasteiger partial charge in [0.15, 0.2) is 0 Å². The Hall–Kier alpha value is -1.00. The summed E-state index contributed by atoms with van der Waals surface area (Å²) in [4.78, 5) is 0.175. The van der Waals surface area contributed by atoms with Gasteiger partial charge in [0.25, 0.3) is 0 Å². The minimum atomic E-state index is 0.129. The van der Waals surface area contributed by atoms with Gasteiger partial charge < -0.3 is 10.4 Å². The predicted octanol–water partition coefficient (Wildman–Crippen LogP) is 1.62. The number of hydrazine groups is 1. The highest BCUT2D eigenvalue weighted by atomic mass is 16.6. The Morgan fingerprint density at radius 1 is 1.33 bits per heavy atom. The topological polar surface area (TPSA) is 64.7 Å². The average Bonchev–Trinajstić information content (AvgIpc) is 2.03. The summed E-state index contributed by atoms with van der Waals surface area (Å²) in [7, 11) is 0. The molecule has 1 saturated heterocycles. The van der Waals surface area contributed by atoms with Gasteiger partial charge in [-0.3, -0.25) is 0 Å². The fourth-order valence-corrected chi connectivity index (χ4v) is 1.79. The molecule has 0 N–H and O–H groups in total. The third-order valence-electron chi connectivity index (χ3n) is 2.41. The summed E-state index contributed by atoms with van der Waals surface area (Å²) in [6, 6.07) is 0.257. The van der Waals surface area contributed by atoms with Crippen LogP contribution in [0.1, 0.15) is 33.1 Å². The molecule has 1 fully saturated rings. The van der Waals surface area contributed by atoms with E-state index in [1.54, 1.807) is 0 Å². The van der Waals surface area contributed by atoms with E-state index in [0.29, 0.717) is 0 Å². The van der Waals surface area contributed by atoms with Crippen molar-refractivity contribution in [1.82, 2.24) is 5.01 Å². The van der Waals surface area contributed by atoms with E-state index < -0.39 is 0 Å². The lowest BCUT2D eigenvalue weighted by Crippen LogP contribution is -2.47. The van der Waals surface area contributed by atoms with E-state index in [9.17, 15) is 10.4 Å². The largest absolute Gasteiger partial charge is 0.737 e. The molecular formula is C7H14N3O2-. The van der Waals surface area contributed by atoms with Crippen molar-refractivity contribution in [2.75, 3.05) is 0 Å². The highest BCUT2D eigenvalue weighted by molar-refractivity contribution is 4.72. The molecule has 0 aliphatic carbocycles. The van der Waals surface area contributed by atoms with E-state index in [1.807, 2.05) is 13.8 Å². The maximum absolute atomic E-state index is 11.0. The van der Waals surface area contributed by atoms with Crippen molar-refractivity contribution in [1.29, 1.82) is 0 Å². The van der Waals surface area contributed by atoms with E-state index in [0.717, 1.165) is 19.3 Å². The monoisotopic (exact) mass is 172 g/mol. The van der Waals surface area contributed by atoms with Crippen molar-refractivity contribution >= 4 is 0 Å². The summed E-state index contributed by atoms with van der Waals surface area (Å²) in [5.74, 6) is 0. The molecule has 0 bridgehead atoms. The van der Waals surface area contributed by atoms with Gasteiger partial charge in [0.05, 0.1) is 12.1 Å². The van der Waals surface area contributed by atoms with E-state index in [4.69, 9.17) is 0 Å². The molecule has 0 aromatic heterocycles. The predicted molar refractivity (Wildman–Crippen MR) is 44.0 cm³/mol. The molecule has 12 heavy (non-hydrogen) atoms. The zero-order chi connectivity index (χ0) is 9.14. The SMILES string of the molecule is C[C@@H]1CCC[C@H](C)N1/[N+]([O-])=N\[O-]. The van der Waals surface area contributed by atoms with Gasteiger partial charge in [0.1, 0.15) is 0 Å². The lowest BCUT2D eigenvalue weighted by Gasteiger charge is -2.34. The summed E-state index contributed by atoms with van der Waals surface area (Å²) in [6.45, 7) is 3.87. The van der Waals surface area contributed by atoms with Crippen LogP contribution in [0.25, 0.3) is 0 Å². The van der Waals surface area contributed by atoms with Crippen molar-refractivity contribution in [3.63, 3.8) is 0 Å². The molecule has 70 valence electrons. The molecule has 0 spiro atoms. The molecule has 0 radical (unpaired) electrons. The van der Waals surface area contributed by atoms with E-state index in [2.05, 4.69) is 5.28 Å². The Morgan fingerprint density at radius 3 is 2.25 bits per heavy atom. The van der Waals surface area contributed by atoms with Crippen LogP contribution in [0.2, 0.25) is 0 Å². The van der Waals surface area contributed by atoms with Crippen molar-refractivity contribution in [3.8, 4) is 0 Å². The van der Waals surface area contributed by atoms with E-state index in [-0.39, 0.29) is 17.1 Å². The molecule has 5 heteroatoms. The molecule has 1 heterocycles. The van der Waals surface area contributed by atoms with Crippen molar-refractivity contribution in [2.45, 2.75) is 45.2 Å². The maximum Gasteiger partial charge on any atom is 0.0851 e. The molecule has 0 unspecified atom stereocenters. The Bertz CT molecular complexity index is 173. The van der Waals surface area contributed by atoms with Crippen LogP contribution in [0.4, 0.5) is 0 Å². The zero-order valence-corrected chi connectivity index (χ0v) is 7.43. The Morgan fingerprint density at radius 2 is 1.83 bits per heavy atom. The summed E-state index contributed by atoms with van der Waals surface area (Å²) >= 11 is 0. The highest BCUT2D eigenvalue weighted by Crippen LogP contribution is 2.22. The first kappa shape index (κ1) is 9.09. The lowest BCUT2D eigenvalue weighted by atomic mass is 10.00. The second-order valence-electron chi connectivity index (χ2n) is 3.34. The third kappa shape index (κ3) is 1.60. The smallest absolute Gasteiger partial charge is 0.0851 e. The quantitative estimate of drug-likeness (QED) is 0.343. The van der Waals surface area contributed by atoms with Crippen LogP contribution in [0.3, 0.4) is 0 Å². The summed E-state index contributed by atoms with van der Waals surface area (Å²) in [5, 5.41) is 24.8. The lowest BCUT2D eigenvalue weighted by molar-refractivity contribution is -0.707. The first-order valence-electron chi connectivity index (χ1n) is 4.25. The summed E-state index contributed by atoms with van der Waals surface area (Å²) in [5.41, 5.74) is 0. The molecule has 2 atom stereocenters. The van der Waals surface area contributed by atoms with Crippen LogP contribution < -0.4 is 0 Å². The molecule has 1 rings (SSSR count). The zero-order valence-electron chi connectivity index (χ0n) is 7.43. The highest BCUT2D eigenvalue weighted by Gasteiger charge is 2.30. The van der Waals surface area contributed by atoms with E-state index >= 15 is 0 Å². The van der Waals surface area contributed by atoms with Gasteiger partial charge in [-0.2, -0.15) is 0 Å². The van der Waals surface area contributed by atoms with Crippen LogP contribution in [0.15, 0.2) is 5.28 Å². The fourth-order valence-electron chi connectivity index (χ4n) is 1.79. The van der Waals surface area contributed by atoms with Gasteiger partial charge in [-0.25, -0.2) is 0 Å². The van der Waals surface area contributed by atoms with Crippen molar-refractivity contribution in [2.24, 2.45) is 5.28 Å².